The number of anilines is 1. The monoisotopic (exact) mass is 502 g/mol. The normalized spacial score (nSPS) is 17.6. The van der Waals surface area contributed by atoms with Gasteiger partial charge in [0.2, 0.25) is 0 Å². The van der Waals surface area contributed by atoms with Crippen molar-refractivity contribution in [1.29, 1.82) is 0 Å². The molecule has 0 aromatic heterocycles. The topological polar surface area (TPSA) is 101 Å². The van der Waals surface area contributed by atoms with Crippen molar-refractivity contribution in [1.82, 2.24) is 0 Å². The van der Waals surface area contributed by atoms with Gasteiger partial charge in [-0.1, -0.05) is 17.7 Å². The first-order valence-electron chi connectivity index (χ1n) is 9.97. The summed E-state index contributed by atoms with van der Waals surface area (Å²) in [5, 5.41) is 22.4. The molecule has 4 rings (SSSR count). The molecule has 1 saturated heterocycles. The van der Waals surface area contributed by atoms with Crippen LogP contribution in [-0.4, -0.2) is 21.7 Å². The third-order valence-corrected chi connectivity index (χ3v) is 5.69. The van der Waals surface area contributed by atoms with Crippen molar-refractivity contribution in [2.24, 2.45) is 0 Å². The Morgan fingerprint density at radius 1 is 1.00 bits per heavy atom. The van der Waals surface area contributed by atoms with Crippen molar-refractivity contribution >= 4 is 40.4 Å². The summed E-state index contributed by atoms with van der Waals surface area (Å²) >= 11 is 5.87. The Balaban J connectivity index is 1.94. The van der Waals surface area contributed by atoms with Gasteiger partial charge in [-0.25, -0.2) is 0 Å². The van der Waals surface area contributed by atoms with Gasteiger partial charge in [-0.3, -0.25) is 24.6 Å². The van der Waals surface area contributed by atoms with Gasteiger partial charge in [0.05, 0.1) is 22.1 Å². The van der Waals surface area contributed by atoms with Crippen LogP contribution in [0.2, 0.25) is 5.02 Å². The molecule has 3 aromatic rings. The van der Waals surface area contributed by atoms with E-state index in [-0.39, 0.29) is 28.1 Å². The van der Waals surface area contributed by atoms with E-state index < -0.39 is 40.2 Å². The number of carbonyl (C=O) groups excluding carboxylic acids is 2. The number of benzene rings is 3. The number of hydrogen-bond acceptors (Lipinski definition) is 5. The van der Waals surface area contributed by atoms with E-state index >= 15 is 0 Å². The van der Waals surface area contributed by atoms with Gasteiger partial charge in [-0.05, 0) is 60.2 Å². The summed E-state index contributed by atoms with van der Waals surface area (Å²) in [6.45, 7) is 0. The molecule has 1 fully saturated rings. The average molecular weight is 503 g/mol. The first kappa shape index (κ1) is 24.0. The van der Waals surface area contributed by atoms with E-state index in [1.165, 1.54) is 42.5 Å². The molecule has 0 bridgehead atoms. The van der Waals surface area contributed by atoms with E-state index in [1.807, 2.05) is 0 Å². The third kappa shape index (κ3) is 4.47. The number of aliphatic hydroxyl groups is 1. The SMILES string of the molecule is O=C1C(=O)N(c2cccc(C(F)(F)F)c2)[C@H](c2ccc([N+](=O)[O-])cc2)C1=C(O)c1ccc(Cl)cc1. The number of alkyl halides is 3. The fourth-order valence-electron chi connectivity index (χ4n) is 3.79. The number of nitrogens with zero attached hydrogens (tertiary/aromatic N) is 2. The number of carbonyl (C=O) groups is 2. The van der Waals surface area contributed by atoms with E-state index in [1.54, 1.807) is 0 Å². The first-order chi connectivity index (χ1) is 16.5. The Hall–Kier alpha value is -4.18. The smallest absolute Gasteiger partial charge is 0.416 e. The van der Waals surface area contributed by atoms with Crippen LogP contribution in [0.1, 0.15) is 22.7 Å². The van der Waals surface area contributed by atoms with E-state index in [2.05, 4.69) is 0 Å². The summed E-state index contributed by atoms with van der Waals surface area (Å²) < 4.78 is 40.0. The van der Waals surface area contributed by atoms with Crippen molar-refractivity contribution in [3.05, 3.63) is 110 Å². The largest absolute Gasteiger partial charge is 0.507 e. The molecule has 3 aromatic carbocycles. The highest BCUT2D eigenvalue weighted by molar-refractivity contribution is 6.51. The highest BCUT2D eigenvalue weighted by Crippen LogP contribution is 2.43. The lowest BCUT2D eigenvalue weighted by Gasteiger charge is -2.26. The van der Waals surface area contributed by atoms with E-state index in [9.17, 15) is 38.0 Å². The number of amides is 1. The van der Waals surface area contributed by atoms with Crippen LogP contribution >= 0.6 is 11.6 Å². The number of ketones is 1. The zero-order valence-corrected chi connectivity index (χ0v) is 18.2. The minimum absolute atomic E-state index is 0.142. The Labute approximate surface area is 200 Å². The third-order valence-electron chi connectivity index (χ3n) is 5.43. The second kappa shape index (κ2) is 8.88. The van der Waals surface area contributed by atoms with Crippen LogP contribution in [0.15, 0.2) is 78.4 Å². The van der Waals surface area contributed by atoms with Gasteiger partial charge >= 0.3 is 6.18 Å². The zero-order valence-electron chi connectivity index (χ0n) is 17.5. The maximum atomic E-state index is 13.3. The van der Waals surface area contributed by atoms with Crippen LogP contribution in [0.5, 0.6) is 0 Å². The van der Waals surface area contributed by atoms with Gasteiger partial charge in [-0.2, -0.15) is 13.2 Å². The van der Waals surface area contributed by atoms with Gasteiger partial charge < -0.3 is 5.11 Å². The van der Waals surface area contributed by atoms with Gasteiger partial charge in [0.15, 0.2) is 0 Å². The number of rotatable bonds is 4. The predicted octanol–water partition coefficient (Wildman–Crippen LogP) is 5.89. The van der Waals surface area contributed by atoms with Crippen LogP contribution in [0.4, 0.5) is 24.5 Å². The molecule has 1 N–H and O–H groups in total. The van der Waals surface area contributed by atoms with Gasteiger partial charge in [0.1, 0.15) is 5.76 Å². The molecule has 0 aliphatic carbocycles. The van der Waals surface area contributed by atoms with Crippen molar-refractivity contribution in [3.8, 4) is 0 Å². The number of hydrogen-bond donors (Lipinski definition) is 1. The molecule has 35 heavy (non-hydrogen) atoms. The highest BCUT2D eigenvalue weighted by atomic mass is 35.5. The van der Waals surface area contributed by atoms with E-state index in [4.69, 9.17) is 11.6 Å². The molecule has 11 heteroatoms. The quantitative estimate of drug-likeness (QED) is 0.157. The lowest BCUT2D eigenvalue weighted by atomic mass is 9.95. The Morgan fingerprint density at radius 2 is 1.63 bits per heavy atom. The van der Waals surface area contributed by atoms with Crippen LogP contribution in [0, 0.1) is 10.1 Å². The molecule has 1 heterocycles. The molecule has 1 aliphatic heterocycles. The molecule has 0 saturated carbocycles. The summed E-state index contributed by atoms with van der Waals surface area (Å²) in [7, 11) is 0. The van der Waals surface area contributed by atoms with Gasteiger partial charge in [0, 0.05) is 28.4 Å². The Bertz CT molecular complexity index is 1370. The summed E-state index contributed by atoms with van der Waals surface area (Å²) in [5.74, 6) is -2.86. The van der Waals surface area contributed by atoms with E-state index in [0.717, 1.165) is 29.2 Å². The molecule has 7 nitrogen and oxygen atoms in total. The maximum Gasteiger partial charge on any atom is 0.416 e. The number of nitro groups is 1. The predicted molar refractivity (Wildman–Crippen MR) is 121 cm³/mol. The van der Waals surface area contributed by atoms with Crippen molar-refractivity contribution < 1.29 is 32.8 Å². The van der Waals surface area contributed by atoms with Crippen LogP contribution in [0.3, 0.4) is 0 Å². The molecule has 1 aliphatic rings. The van der Waals surface area contributed by atoms with Crippen LogP contribution in [-0.2, 0) is 15.8 Å². The maximum absolute atomic E-state index is 13.3. The van der Waals surface area contributed by atoms with Crippen molar-refractivity contribution in [2.45, 2.75) is 12.2 Å². The van der Waals surface area contributed by atoms with Gasteiger partial charge in [0.25, 0.3) is 17.4 Å². The second-order valence-electron chi connectivity index (χ2n) is 7.57. The fourth-order valence-corrected chi connectivity index (χ4v) is 3.91. The van der Waals surface area contributed by atoms with Crippen molar-refractivity contribution in [3.63, 3.8) is 0 Å². The molecular weight excluding hydrogens is 489 g/mol. The first-order valence-corrected chi connectivity index (χ1v) is 10.4. The van der Waals surface area contributed by atoms with Crippen LogP contribution in [0.25, 0.3) is 5.76 Å². The molecule has 0 unspecified atom stereocenters. The number of halogens is 4. The standard InChI is InChI=1S/C24H14ClF3N2O5/c25-16-8-4-14(5-9-16)21(31)19-20(13-6-10-17(11-7-13)30(34)35)29(23(33)22(19)32)18-3-1-2-15(12-18)24(26,27)28/h1-12,20,31H/t20-/m1/s1. The molecule has 1 amide bonds. The summed E-state index contributed by atoms with van der Waals surface area (Å²) in [4.78, 5) is 37.3. The summed E-state index contributed by atoms with van der Waals surface area (Å²) in [5.41, 5.74) is -1.63. The molecule has 178 valence electrons. The molecule has 0 spiro atoms. The van der Waals surface area contributed by atoms with Gasteiger partial charge in [-0.15, -0.1) is 0 Å². The average Bonchev–Trinajstić information content (AvgIpc) is 3.09. The minimum Gasteiger partial charge on any atom is -0.507 e. The lowest BCUT2D eigenvalue weighted by molar-refractivity contribution is -0.384. The molecular formula is C24H14ClF3N2O5. The molecule has 0 radical (unpaired) electrons. The summed E-state index contributed by atoms with van der Waals surface area (Å²) in [6.07, 6.45) is -4.71. The lowest BCUT2D eigenvalue weighted by Crippen LogP contribution is -2.29. The second-order valence-corrected chi connectivity index (χ2v) is 8.01. The number of nitro benzene ring substituents is 1. The fraction of sp³-hybridized carbons (Fsp3) is 0.0833. The van der Waals surface area contributed by atoms with E-state index in [0.29, 0.717) is 11.1 Å². The van der Waals surface area contributed by atoms with Crippen molar-refractivity contribution in [2.75, 3.05) is 4.90 Å². The Kier molecular flexibility index (Phi) is 6.08. The Morgan fingerprint density at radius 3 is 2.20 bits per heavy atom. The number of Topliss-reactive ketones (excluding diaryl/α,β-unsaturated/α-hetero) is 1. The minimum atomic E-state index is -4.71. The van der Waals surface area contributed by atoms with Crippen LogP contribution < -0.4 is 4.90 Å². The highest BCUT2D eigenvalue weighted by Gasteiger charge is 2.47. The summed E-state index contributed by atoms with van der Waals surface area (Å²) in [6, 6.07) is 13.0. The zero-order chi connectivity index (χ0) is 25.5. The number of non-ortho nitro benzene ring substituents is 1. The number of aliphatic hydroxyl groups excluding tert-OH is 1. The molecule has 1 atom stereocenters.